The summed E-state index contributed by atoms with van der Waals surface area (Å²) >= 11 is 0. The van der Waals surface area contributed by atoms with Crippen molar-refractivity contribution in [1.82, 2.24) is 9.97 Å². The van der Waals surface area contributed by atoms with E-state index in [2.05, 4.69) is 20.3 Å². The maximum absolute atomic E-state index is 12.2. The van der Waals surface area contributed by atoms with E-state index in [0.717, 1.165) is 5.75 Å². The number of hydrogen-bond acceptors (Lipinski definition) is 6. The third-order valence-corrected chi connectivity index (χ3v) is 3.68. The molecular formula is C18H23N5O4. The summed E-state index contributed by atoms with van der Waals surface area (Å²) < 4.78 is 9.95. The van der Waals surface area contributed by atoms with E-state index >= 15 is 0 Å². The van der Waals surface area contributed by atoms with E-state index in [0.29, 0.717) is 23.6 Å². The van der Waals surface area contributed by atoms with E-state index in [4.69, 9.17) is 15.2 Å². The van der Waals surface area contributed by atoms with Crippen LogP contribution in [0.25, 0.3) is 0 Å². The van der Waals surface area contributed by atoms with Crippen LogP contribution in [0.2, 0.25) is 0 Å². The molecule has 2 rings (SSSR count). The molecule has 0 aliphatic carbocycles. The second-order valence-corrected chi connectivity index (χ2v) is 5.61. The van der Waals surface area contributed by atoms with E-state index < -0.39 is 0 Å². The standard InChI is InChI=1S/C18H23N5O4/c1-4-27-15(24)10-9-14-11(2)20-18(22-16(14)25)23-17(19)21-12-5-7-13(26-3)8-6-12/h5-8H,4,9-10H2,1-3H3,(H4,19,20,21,22,23,25). The van der Waals surface area contributed by atoms with E-state index in [9.17, 15) is 9.59 Å². The predicted octanol–water partition coefficient (Wildman–Crippen LogP) is 1.64. The van der Waals surface area contributed by atoms with Crippen LogP contribution in [0.1, 0.15) is 24.6 Å². The Labute approximate surface area is 156 Å². The molecule has 0 amide bonds. The van der Waals surface area contributed by atoms with Gasteiger partial charge >= 0.3 is 5.97 Å². The fourth-order valence-electron chi connectivity index (χ4n) is 2.37. The van der Waals surface area contributed by atoms with Crippen LogP contribution in [0.4, 0.5) is 11.6 Å². The van der Waals surface area contributed by atoms with Gasteiger partial charge in [-0.15, -0.1) is 0 Å². The number of benzene rings is 1. The Morgan fingerprint density at radius 3 is 2.63 bits per heavy atom. The molecule has 1 aromatic carbocycles. The molecule has 9 nitrogen and oxygen atoms in total. The van der Waals surface area contributed by atoms with Gasteiger partial charge in [0, 0.05) is 17.7 Å². The van der Waals surface area contributed by atoms with Gasteiger partial charge in [0.2, 0.25) is 11.9 Å². The number of guanidine groups is 1. The molecule has 0 fully saturated rings. The van der Waals surface area contributed by atoms with Gasteiger partial charge in [0.25, 0.3) is 5.56 Å². The molecule has 2 aromatic rings. The Bertz CT molecular complexity index is 874. The van der Waals surface area contributed by atoms with Crippen molar-refractivity contribution < 1.29 is 14.3 Å². The van der Waals surface area contributed by atoms with Crippen molar-refractivity contribution >= 4 is 23.6 Å². The quantitative estimate of drug-likeness (QED) is 0.382. The topological polar surface area (TPSA) is 132 Å². The highest BCUT2D eigenvalue weighted by Gasteiger charge is 2.11. The summed E-state index contributed by atoms with van der Waals surface area (Å²) in [4.78, 5) is 34.6. The highest BCUT2D eigenvalue weighted by atomic mass is 16.5. The molecular weight excluding hydrogens is 350 g/mol. The first-order chi connectivity index (χ1) is 12.9. The van der Waals surface area contributed by atoms with Crippen molar-refractivity contribution in [1.29, 1.82) is 0 Å². The van der Waals surface area contributed by atoms with Gasteiger partial charge in [-0.1, -0.05) is 0 Å². The average molecular weight is 373 g/mol. The normalized spacial score (nSPS) is 11.1. The van der Waals surface area contributed by atoms with Crippen LogP contribution >= 0.6 is 0 Å². The fraction of sp³-hybridized carbons (Fsp3) is 0.333. The molecule has 0 bridgehead atoms. The van der Waals surface area contributed by atoms with Crippen LogP contribution in [-0.2, 0) is 16.0 Å². The number of H-pyrrole nitrogens is 1. The third kappa shape index (κ3) is 5.84. The lowest BCUT2D eigenvalue weighted by Gasteiger charge is -2.08. The number of carbonyl (C=O) groups excluding carboxylic acids is 1. The van der Waals surface area contributed by atoms with E-state index in [-0.39, 0.29) is 36.3 Å². The molecule has 1 aromatic heterocycles. The lowest BCUT2D eigenvalue weighted by molar-refractivity contribution is -0.143. The lowest BCUT2D eigenvalue weighted by atomic mass is 10.1. The zero-order chi connectivity index (χ0) is 19.8. The maximum Gasteiger partial charge on any atom is 0.306 e. The summed E-state index contributed by atoms with van der Waals surface area (Å²) in [5.41, 5.74) is 7.12. The first kappa shape index (κ1) is 20.0. The van der Waals surface area contributed by atoms with Gasteiger partial charge in [-0.05, 0) is 44.5 Å². The van der Waals surface area contributed by atoms with Gasteiger partial charge in [0.15, 0.2) is 0 Å². The molecule has 0 saturated carbocycles. The second-order valence-electron chi connectivity index (χ2n) is 5.61. The number of aryl methyl sites for hydroxylation is 1. The number of nitrogens with one attached hydrogen (secondary N) is 2. The van der Waals surface area contributed by atoms with Crippen LogP contribution in [0.5, 0.6) is 5.75 Å². The lowest BCUT2D eigenvalue weighted by Crippen LogP contribution is -2.23. The maximum atomic E-state index is 12.2. The number of esters is 1. The molecule has 0 saturated heterocycles. The molecule has 0 aliphatic rings. The number of aliphatic imine (C=N–C) groups is 1. The first-order valence-electron chi connectivity index (χ1n) is 8.43. The third-order valence-electron chi connectivity index (χ3n) is 3.68. The molecule has 27 heavy (non-hydrogen) atoms. The van der Waals surface area contributed by atoms with Crippen LogP contribution in [0.3, 0.4) is 0 Å². The van der Waals surface area contributed by atoms with E-state index in [1.165, 1.54) is 0 Å². The average Bonchev–Trinajstić information content (AvgIpc) is 2.61. The number of nitrogens with zero attached hydrogens (tertiary/aromatic N) is 2. The van der Waals surface area contributed by atoms with Gasteiger partial charge in [-0.3, -0.25) is 14.6 Å². The highest BCUT2D eigenvalue weighted by molar-refractivity contribution is 5.93. The number of aromatic nitrogens is 2. The minimum Gasteiger partial charge on any atom is -0.497 e. The Kier molecular flexibility index (Phi) is 6.93. The monoisotopic (exact) mass is 373 g/mol. The Hall–Kier alpha value is -3.36. The zero-order valence-electron chi connectivity index (χ0n) is 15.5. The molecule has 1 heterocycles. The van der Waals surface area contributed by atoms with Crippen LogP contribution in [0.15, 0.2) is 34.1 Å². The number of rotatable bonds is 7. The largest absolute Gasteiger partial charge is 0.497 e. The first-order valence-corrected chi connectivity index (χ1v) is 8.43. The molecule has 0 radical (unpaired) electrons. The SMILES string of the molecule is CCOC(=O)CCc1c(C)nc(/N=C(\N)Nc2ccc(OC)cc2)[nH]c1=O. The van der Waals surface area contributed by atoms with Crippen molar-refractivity contribution in [3.63, 3.8) is 0 Å². The minimum atomic E-state index is -0.359. The van der Waals surface area contributed by atoms with E-state index in [1.54, 1.807) is 45.2 Å². The molecule has 4 N–H and O–H groups in total. The molecule has 0 aliphatic heterocycles. The summed E-state index contributed by atoms with van der Waals surface area (Å²) in [6.07, 6.45) is 0.361. The molecule has 9 heteroatoms. The summed E-state index contributed by atoms with van der Waals surface area (Å²) in [5.74, 6) is 0.514. The molecule has 0 atom stereocenters. The Balaban J connectivity index is 2.10. The summed E-state index contributed by atoms with van der Waals surface area (Å²) in [5, 5.41) is 2.90. The van der Waals surface area contributed by atoms with Crippen molar-refractivity contribution in [2.24, 2.45) is 10.7 Å². The highest BCUT2D eigenvalue weighted by Crippen LogP contribution is 2.15. The van der Waals surface area contributed by atoms with E-state index in [1.807, 2.05) is 0 Å². The number of anilines is 1. The predicted molar refractivity (Wildman–Crippen MR) is 102 cm³/mol. The summed E-state index contributed by atoms with van der Waals surface area (Å²) in [7, 11) is 1.58. The number of aromatic amines is 1. The Morgan fingerprint density at radius 2 is 2.04 bits per heavy atom. The van der Waals surface area contributed by atoms with Crippen molar-refractivity contribution in [3.05, 3.63) is 45.9 Å². The van der Waals surface area contributed by atoms with Gasteiger partial charge < -0.3 is 20.5 Å². The second kappa shape index (κ2) is 9.37. The van der Waals surface area contributed by atoms with Crippen LogP contribution in [-0.4, -0.2) is 35.6 Å². The number of ether oxygens (including phenoxy) is 2. The number of nitrogens with two attached hydrogens (primary N) is 1. The summed E-state index contributed by atoms with van der Waals surface area (Å²) in [6, 6.07) is 7.11. The van der Waals surface area contributed by atoms with Crippen molar-refractivity contribution in [2.45, 2.75) is 26.7 Å². The van der Waals surface area contributed by atoms with Crippen LogP contribution < -0.4 is 21.3 Å². The molecule has 0 unspecified atom stereocenters. The van der Waals surface area contributed by atoms with Gasteiger partial charge in [-0.25, -0.2) is 4.98 Å². The minimum absolute atomic E-state index is 0.0713. The number of carbonyl (C=O) groups is 1. The number of hydrogen-bond donors (Lipinski definition) is 3. The zero-order valence-corrected chi connectivity index (χ0v) is 15.5. The van der Waals surface area contributed by atoms with Gasteiger partial charge in [0.1, 0.15) is 5.75 Å². The summed E-state index contributed by atoms with van der Waals surface area (Å²) in [6.45, 7) is 3.72. The fourth-order valence-corrected chi connectivity index (χ4v) is 2.37. The van der Waals surface area contributed by atoms with Gasteiger partial charge in [-0.2, -0.15) is 4.99 Å². The van der Waals surface area contributed by atoms with Crippen molar-refractivity contribution in [2.75, 3.05) is 19.0 Å². The van der Waals surface area contributed by atoms with Crippen LogP contribution in [0, 0.1) is 6.92 Å². The smallest absolute Gasteiger partial charge is 0.306 e. The number of methoxy groups -OCH3 is 1. The molecule has 0 spiro atoms. The molecule has 144 valence electrons. The Morgan fingerprint density at radius 1 is 1.33 bits per heavy atom. The van der Waals surface area contributed by atoms with Gasteiger partial charge in [0.05, 0.1) is 19.4 Å². The van der Waals surface area contributed by atoms with Crippen molar-refractivity contribution in [3.8, 4) is 5.75 Å².